The first kappa shape index (κ1) is 10.5. The topological polar surface area (TPSA) is 23.5 Å². The second-order valence-corrected chi connectivity index (χ2v) is 4.50. The van der Waals surface area contributed by atoms with Crippen LogP contribution in [0.15, 0.2) is 24.3 Å². The van der Waals surface area contributed by atoms with E-state index in [0.717, 1.165) is 6.42 Å². The lowest BCUT2D eigenvalue weighted by molar-refractivity contribution is 0.184. The van der Waals surface area contributed by atoms with Gasteiger partial charge in [-0.25, -0.2) is 0 Å². The van der Waals surface area contributed by atoms with E-state index >= 15 is 0 Å². The van der Waals surface area contributed by atoms with Gasteiger partial charge in [0.05, 0.1) is 0 Å². The Bertz CT molecular complexity index is 324. The van der Waals surface area contributed by atoms with Gasteiger partial charge in [-0.2, -0.15) is 0 Å². The SMILES string of the molecule is CN1CCCC[C@@H]1Cc1cccc(O)c1. The van der Waals surface area contributed by atoms with Gasteiger partial charge in [-0.3, -0.25) is 0 Å². The van der Waals surface area contributed by atoms with Crippen LogP contribution in [0.5, 0.6) is 5.75 Å². The number of hydrogen-bond donors (Lipinski definition) is 1. The molecule has 0 bridgehead atoms. The number of aromatic hydroxyl groups is 1. The van der Waals surface area contributed by atoms with E-state index in [2.05, 4.69) is 18.0 Å². The predicted octanol–water partition coefficient (Wildman–Crippen LogP) is 2.42. The van der Waals surface area contributed by atoms with Gasteiger partial charge < -0.3 is 10.0 Å². The zero-order valence-corrected chi connectivity index (χ0v) is 9.32. The zero-order valence-electron chi connectivity index (χ0n) is 9.32. The molecule has 0 aromatic heterocycles. The fraction of sp³-hybridized carbons (Fsp3) is 0.538. The summed E-state index contributed by atoms with van der Waals surface area (Å²) in [6.07, 6.45) is 5.01. The summed E-state index contributed by atoms with van der Waals surface area (Å²) in [6.45, 7) is 1.21. The fourth-order valence-electron chi connectivity index (χ4n) is 2.36. The Labute approximate surface area is 91.5 Å². The molecule has 1 aromatic rings. The number of piperidine rings is 1. The number of likely N-dealkylation sites (tertiary alicyclic amines) is 1. The van der Waals surface area contributed by atoms with Crippen LogP contribution in [0.2, 0.25) is 0 Å². The van der Waals surface area contributed by atoms with Crippen LogP contribution in [-0.4, -0.2) is 29.6 Å². The molecular weight excluding hydrogens is 186 g/mol. The largest absolute Gasteiger partial charge is 0.508 e. The van der Waals surface area contributed by atoms with E-state index in [-0.39, 0.29) is 0 Å². The maximum atomic E-state index is 9.39. The molecule has 82 valence electrons. The molecule has 1 aliphatic rings. The second kappa shape index (κ2) is 4.67. The third kappa shape index (κ3) is 2.72. The van der Waals surface area contributed by atoms with Gasteiger partial charge >= 0.3 is 0 Å². The van der Waals surface area contributed by atoms with E-state index < -0.39 is 0 Å². The van der Waals surface area contributed by atoms with Gasteiger partial charge in [-0.15, -0.1) is 0 Å². The van der Waals surface area contributed by atoms with Crippen molar-refractivity contribution < 1.29 is 5.11 Å². The van der Waals surface area contributed by atoms with Crippen LogP contribution in [0.4, 0.5) is 0 Å². The number of rotatable bonds is 2. The van der Waals surface area contributed by atoms with Gasteiger partial charge in [0.15, 0.2) is 0 Å². The Balaban J connectivity index is 2.01. The molecule has 1 fully saturated rings. The van der Waals surface area contributed by atoms with Crippen LogP contribution < -0.4 is 0 Å². The van der Waals surface area contributed by atoms with Crippen molar-refractivity contribution in [3.05, 3.63) is 29.8 Å². The molecule has 2 heteroatoms. The van der Waals surface area contributed by atoms with Crippen LogP contribution in [-0.2, 0) is 6.42 Å². The molecule has 2 rings (SSSR count). The fourth-order valence-corrected chi connectivity index (χ4v) is 2.36. The van der Waals surface area contributed by atoms with Gasteiger partial charge in [0, 0.05) is 6.04 Å². The van der Waals surface area contributed by atoms with E-state index in [4.69, 9.17) is 0 Å². The molecule has 1 heterocycles. The van der Waals surface area contributed by atoms with Gasteiger partial charge in [0.1, 0.15) is 5.75 Å². The Kier molecular flexibility index (Phi) is 3.27. The molecule has 0 saturated carbocycles. The molecule has 1 aromatic carbocycles. The molecule has 1 saturated heterocycles. The van der Waals surface area contributed by atoms with Crippen molar-refractivity contribution >= 4 is 0 Å². The highest BCUT2D eigenvalue weighted by atomic mass is 16.3. The molecule has 0 amide bonds. The van der Waals surface area contributed by atoms with Crippen molar-refractivity contribution in [1.82, 2.24) is 4.90 Å². The number of phenols is 1. The molecule has 1 N–H and O–H groups in total. The van der Waals surface area contributed by atoms with Crippen molar-refractivity contribution in [2.45, 2.75) is 31.7 Å². The normalized spacial score (nSPS) is 22.9. The monoisotopic (exact) mass is 205 g/mol. The third-order valence-corrected chi connectivity index (χ3v) is 3.30. The van der Waals surface area contributed by atoms with Gasteiger partial charge in [0.2, 0.25) is 0 Å². The maximum Gasteiger partial charge on any atom is 0.115 e. The smallest absolute Gasteiger partial charge is 0.115 e. The first-order valence-corrected chi connectivity index (χ1v) is 5.74. The molecule has 0 aliphatic carbocycles. The molecule has 1 aliphatic heterocycles. The summed E-state index contributed by atoms with van der Waals surface area (Å²) in [5.74, 6) is 0.381. The standard InChI is InChI=1S/C13H19NO/c1-14-8-3-2-6-12(14)9-11-5-4-7-13(15)10-11/h4-5,7,10,12,15H,2-3,6,8-9H2,1H3/t12-/m1/s1. The summed E-state index contributed by atoms with van der Waals surface area (Å²) in [4.78, 5) is 2.44. The van der Waals surface area contributed by atoms with Crippen molar-refractivity contribution in [3.63, 3.8) is 0 Å². The van der Waals surface area contributed by atoms with Crippen LogP contribution in [0.25, 0.3) is 0 Å². The Morgan fingerprint density at radius 3 is 3.00 bits per heavy atom. The van der Waals surface area contributed by atoms with Crippen molar-refractivity contribution in [2.75, 3.05) is 13.6 Å². The van der Waals surface area contributed by atoms with Gasteiger partial charge in [0.25, 0.3) is 0 Å². The van der Waals surface area contributed by atoms with Crippen molar-refractivity contribution in [2.24, 2.45) is 0 Å². The highest BCUT2D eigenvalue weighted by Crippen LogP contribution is 2.20. The Morgan fingerprint density at radius 1 is 1.40 bits per heavy atom. The Hall–Kier alpha value is -1.02. The van der Waals surface area contributed by atoms with Crippen LogP contribution >= 0.6 is 0 Å². The number of likely N-dealkylation sites (N-methyl/N-ethyl adjacent to an activating group) is 1. The number of hydrogen-bond acceptors (Lipinski definition) is 2. The van der Waals surface area contributed by atoms with Gasteiger partial charge in [-0.05, 0) is 50.6 Å². The van der Waals surface area contributed by atoms with Crippen molar-refractivity contribution in [1.29, 1.82) is 0 Å². The molecule has 15 heavy (non-hydrogen) atoms. The summed E-state index contributed by atoms with van der Waals surface area (Å²) in [7, 11) is 2.20. The van der Waals surface area contributed by atoms with Crippen LogP contribution in [0, 0.1) is 0 Å². The number of benzene rings is 1. The predicted molar refractivity (Wildman–Crippen MR) is 62.1 cm³/mol. The summed E-state index contributed by atoms with van der Waals surface area (Å²) in [6, 6.07) is 8.28. The van der Waals surface area contributed by atoms with E-state index in [0.29, 0.717) is 11.8 Å². The molecule has 0 unspecified atom stereocenters. The van der Waals surface area contributed by atoms with Gasteiger partial charge in [-0.1, -0.05) is 18.6 Å². The first-order valence-electron chi connectivity index (χ1n) is 5.74. The first-order chi connectivity index (χ1) is 7.25. The maximum absolute atomic E-state index is 9.39. The molecule has 2 nitrogen and oxygen atoms in total. The minimum Gasteiger partial charge on any atom is -0.508 e. The van der Waals surface area contributed by atoms with E-state index in [1.54, 1.807) is 6.07 Å². The molecular formula is C13H19NO. The average Bonchev–Trinajstić information content (AvgIpc) is 2.22. The number of phenolic OH excluding ortho intramolecular Hbond substituents is 1. The minimum absolute atomic E-state index is 0.381. The van der Waals surface area contributed by atoms with Crippen LogP contribution in [0.3, 0.4) is 0 Å². The minimum atomic E-state index is 0.381. The summed E-state index contributed by atoms with van der Waals surface area (Å²) in [5, 5.41) is 9.39. The lowest BCUT2D eigenvalue weighted by Gasteiger charge is -2.32. The summed E-state index contributed by atoms with van der Waals surface area (Å²) >= 11 is 0. The van der Waals surface area contributed by atoms with E-state index in [1.165, 1.54) is 31.4 Å². The van der Waals surface area contributed by atoms with Crippen molar-refractivity contribution in [3.8, 4) is 5.75 Å². The number of nitrogens with zero attached hydrogens (tertiary/aromatic N) is 1. The van der Waals surface area contributed by atoms with Crippen LogP contribution in [0.1, 0.15) is 24.8 Å². The third-order valence-electron chi connectivity index (χ3n) is 3.30. The van der Waals surface area contributed by atoms with E-state index in [1.807, 2.05) is 12.1 Å². The zero-order chi connectivity index (χ0) is 10.7. The summed E-state index contributed by atoms with van der Waals surface area (Å²) < 4.78 is 0. The molecule has 1 atom stereocenters. The quantitative estimate of drug-likeness (QED) is 0.801. The highest BCUT2D eigenvalue weighted by molar-refractivity contribution is 5.27. The summed E-state index contributed by atoms with van der Waals surface area (Å²) in [5.41, 5.74) is 1.24. The highest BCUT2D eigenvalue weighted by Gasteiger charge is 2.18. The lowest BCUT2D eigenvalue weighted by atomic mass is 9.96. The lowest BCUT2D eigenvalue weighted by Crippen LogP contribution is -2.37. The second-order valence-electron chi connectivity index (χ2n) is 4.50. The molecule has 0 radical (unpaired) electrons. The average molecular weight is 205 g/mol. The Morgan fingerprint density at radius 2 is 2.27 bits per heavy atom. The van der Waals surface area contributed by atoms with E-state index in [9.17, 15) is 5.11 Å². The molecule has 0 spiro atoms.